The minimum absolute atomic E-state index is 0.209. The second kappa shape index (κ2) is 3.22. The summed E-state index contributed by atoms with van der Waals surface area (Å²) in [6.45, 7) is 1.01. The van der Waals surface area contributed by atoms with Gasteiger partial charge in [0.2, 0.25) is 0 Å². The summed E-state index contributed by atoms with van der Waals surface area (Å²) in [5.74, 6) is 1.06. The fourth-order valence-electron chi connectivity index (χ4n) is 1.86. The third-order valence-electron chi connectivity index (χ3n) is 2.53. The first-order chi connectivity index (χ1) is 6.95. The van der Waals surface area contributed by atoms with Crippen molar-refractivity contribution in [3.05, 3.63) is 40.8 Å². The van der Waals surface area contributed by atoms with E-state index in [9.17, 15) is 0 Å². The first kappa shape index (κ1) is 8.20. The number of nitrogens with zero attached hydrogens (tertiary/aromatic N) is 1. The van der Waals surface area contributed by atoms with Crippen molar-refractivity contribution >= 4 is 11.5 Å². The molecule has 1 unspecified atom stereocenters. The largest absolute Gasteiger partial charge is 0.467 e. The topological polar surface area (TPSA) is 38.1 Å². The molecule has 72 valence electrons. The van der Waals surface area contributed by atoms with Gasteiger partial charge in [-0.05, 0) is 35.6 Å². The van der Waals surface area contributed by atoms with Crippen LogP contribution in [0.4, 0.5) is 0 Å². The molecule has 14 heavy (non-hydrogen) atoms. The van der Waals surface area contributed by atoms with Gasteiger partial charge in [0, 0.05) is 17.6 Å². The van der Waals surface area contributed by atoms with E-state index in [4.69, 9.17) is 4.42 Å². The van der Waals surface area contributed by atoms with Crippen LogP contribution >= 0.6 is 11.5 Å². The number of nitrogens with one attached hydrogen (secondary N) is 1. The SMILES string of the molecule is c1cc(C2NCCc3ccoc32)sn1. The third-order valence-corrected chi connectivity index (χ3v) is 3.34. The van der Waals surface area contributed by atoms with Crippen molar-refractivity contribution in [3.63, 3.8) is 0 Å². The van der Waals surface area contributed by atoms with Crippen LogP contribution in [-0.4, -0.2) is 10.9 Å². The summed E-state index contributed by atoms with van der Waals surface area (Å²) in [5, 5.41) is 3.44. The van der Waals surface area contributed by atoms with Gasteiger partial charge in [0.15, 0.2) is 0 Å². The molecule has 1 aliphatic rings. The van der Waals surface area contributed by atoms with Crippen molar-refractivity contribution in [1.82, 2.24) is 9.69 Å². The van der Waals surface area contributed by atoms with E-state index in [-0.39, 0.29) is 6.04 Å². The summed E-state index contributed by atoms with van der Waals surface area (Å²) in [7, 11) is 0. The van der Waals surface area contributed by atoms with Crippen molar-refractivity contribution in [1.29, 1.82) is 0 Å². The molecule has 2 aromatic rings. The van der Waals surface area contributed by atoms with Crippen molar-refractivity contribution in [2.24, 2.45) is 0 Å². The summed E-state index contributed by atoms with van der Waals surface area (Å²) in [6.07, 6.45) is 4.66. The molecular weight excluding hydrogens is 196 g/mol. The molecule has 0 spiro atoms. The highest BCUT2D eigenvalue weighted by Gasteiger charge is 2.25. The van der Waals surface area contributed by atoms with Crippen LogP contribution < -0.4 is 5.32 Å². The predicted molar refractivity (Wildman–Crippen MR) is 54.4 cm³/mol. The van der Waals surface area contributed by atoms with Crippen LogP contribution in [-0.2, 0) is 6.42 Å². The zero-order chi connectivity index (χ0) is 9.38. The van der Waals surface area contributed by atoms with Crippen LogP contribution in [0.25, 0.3) is 0 Å². The van der Waals surface area contributed by atoms with E-state index in [1.165, 1.54) is 22.0 Å². The van der Waals surface area contributed by atoms with E-state index in [1.54, 1.807) is 6.26 Å². The van der Waals surface area contributed by atoms with Gasteiger partial charge < -0.3 is 9.73 Å². The van der Waals surface area contributed by atoms with Crippen molar-refractivity contribution in [2.45, 2.75) is 12.5 Å². The molecule has 0 fully saturated rings. The maximum Gasteiger partial charge on any atom is 0.129 e. The molecule has 0 bridgehead atoms. The Morgan fingerprint density at radius 2 is 2.50 bits per heavy atom. The van der Waals surface area contributed by atoms with Gasteiger partial charge in [-0.25, -0.2) is 4.37 Å². The fourth-order valence-corrected chi connectivity index (χ4v) is 2.52. The van der Waals surface area contributed by atoms with E-state index in [2.05, 4.69) is 15.8 Å². The van der Waals surface area contributed by atoms with Gasteiger partial charge in [0.05, 0.1) is 6.26 Å². The predicted octanol–water partition coefficient (Wildman–Crippen LogP) is 1.97. The molecule has 3 heterocycles. The minimum Gasteiger partial charge on any atom is -0.467 e. The molecule has 0 saturated heterocycles. The Morgan fingerprint density at radius 1 is 1.50 bits per heavy atom. The molecule has 0 aliphatic carbocycles. The fraction of sp³-hybridized carbons (Fsp3) is 0.300. The molecule has 0 radical (unpaired) electrons. The van der Waals surface area contributed by atoms with Gasteiger partial charge in [0.1, 0.15) is 11.8 Å². The Hall–Kier alpha value is -1.13. The molecule has 1 N–H and O–H groups in total. The second-order valence-electron chi connectivity index (χ2n) is 3.36. The van der Waals surface area contributed by atoms with Gasteiger partial charge >= 0.3 is 0 Å². The van der Waals surface area contributed by atoms with Gasteiger partial charge in [-0.1, -0.05) is 0 Å². The number of hydrogen-bond acceptors (Lipinski definition) is 4. The Kier molecular flexibility index (Phi) is 1.89. The number of aromatic nitrogens is 1. The monoisotopic (exact) mass is 206 g/mol. The standard InChI is InChI=1S/C10H10N2OS/c1-4-11-9(8-2-5-12-14-8)10-7(1)3-6-13-10/h2-3,5-6,9,11H,1,4H2. The van der Waals surface area contributed by atoms with Gasteiger partial charge in [-0.3, -0.25) is 0 Å². The molecule has 0 aromatic carbocycles. The Balaban J connectivity index is 2.04. The molecule has 1 aliphatic heterocycles. The molecule has 4 heteroatoms. The van der Waals surface area contributed by atoms with Crippen molar-refractivity contribution in [3.8, 4) is 0 Å². The zero-order valence-corrected chi connectivity index (χ0v) is 8.38. The van der Waals surface area contributed by atoms with Crippen LogP contribution in [0.3, 0.4) is 0 Å². The van der Waals surface area contributed by atoms with Gasteiger partial charge in [0.25, 0.3) is 0 Å². The summed E-state index contributed by atoms with van der Waals surface area (Å²) in [5.41, 5.74) is 1.32. The third kappa shape index (κ3) is 1.19. The average Bonchev–Trinajstić information content (AvgIpc) is 2.88. The highest BCUT2D eigenvalue weighted by molar-refractivity contribution is 7.05. The summed E-state index contributed by atoms with van der Waals surface area (Å²) in [4.78, 5) is 1.22. The van der Waals surface area contributed by atoms with Crippen LogP contribution in [0.2, 0.25) is 0 Å². The molecule has 1 atom stereocenters. The Bertz CT molecular complexity index is 421. The lowest BCUT2D eigenvalue weighted by molar-refractivity contribution is 0.428. The zero-order valence-electron chi connectivity index (χ0n) is 7.56. The first-order valence-electron chi connectivity index (χ1n) is 4.65. The van der Waals surface area contributed by atoms with E-state index in [0.29, 0.717) is 0 Å². The van der Waals surface area contributed by atoms with E-state index < -0.39 is 0 Å². The van der Waals surface area contributed by atoms with E-state index in [0.717, 1.165) is 18.7 Å². The highest BCUT2D eigenvalue weighted by atomic mass is 32.1. The number of hydrogen-bond donors (Lipinski definition) is 1. The van der Waals surface area contributed by atoms with Crippen LogP contribution in [0.15, 0.2) is 29.0 Å². The molecular formula is C10H10N2OS. The molecule has 3 rings (SSSR count). The minimum atomic E-state index is 0.209. The smallest absolute Gasteiger partial charge is 0.129 e. The van der Waals surface area contributed by atoms with Gasteiger partial charge in [-0.15, -0.1) is 0 Å². The van der Waals surface area contributed by atoms with Gasteiger partial charge in [-0.2, -0.15) is 0 Å². The summed E-state index contributed by atoms with van der Waals surface area (Å²) < 4.78 is 9.62. The van der Waals surface area contributed by atoms with Crippen molar-refractivity contribution < 1.29 is 4.42 Å². The second-order valence-corrected chi connectivity index (χ2v) is 4.23. The van der Waals surface area contributed by atoms with Crippen molar-refractivity contribution in [2.75, 3.05) is 6.54 Å². The Labute approximate surface area is 85.9 Å². The maximum atomic E-state index is 5.51. The van der Waals surface area contributed by atoms with Crippen LogP contribution in [0, 0.1) is 0 Å². The van der Waals surface area contributed by atoms with E-state index in [1.807, 2.05) is 12.3 Å². The molecule has 0 saturated carbocycles. The number of rotatable bonds is 1. The molecule has 2 aromatic heterocycles. The quantitative estimate of drug-likeness (QED) is 0.775. The summed E-state index contributed by atoms with van der Waals surface area (Å²) >= 11 is 1.52. The maximum absolute atomic E-state index is 5.51. The lowest BCUT2D eigenvalue weighted by Gasteiger charge is -2.21. The summed E-state index contributed by atoms with van der Waals surface area (Å²) in [6, 6.07) is 4.31. The lowest BCUT2D eigenvalue weighted by Crippen LogP contribution is -2.28. The lowest BCUT2D eigenvalue weighted by atomic mass is 10.0. The normalized spacial score (nSPS) is 20.7. The first-order valence-corrected chi connectivity index (χ1v) is 5.43. The van der Waals surface area contributed by atoms with E-state index >= 15 is 0 Å². The molecule has 3 nitrogen and oxygen atoms in total. The number of fused-ring (bicyclic) bond motifs is 1. The van der Waals surface area contributed by atoms with Crippen LogP contribution in [0.1, 0.15) is 22.2 Å². The average molecular weight is 206 g/mol. The molecule has 0 amide bonds. The Morgan fingerprint density at radius 3 is 3.36 bits per heavy atom. The number of furan rings is 1. The van der Waals surface area contributed by atoms with Crippen LogP contribution in [0.5, 0.6) is 0 Å². The highest BCUT2D eigenvalue weighted by Crippen LogP contribution is 2.30.